The molecule has 2 heterocycles. The Labute approximate surface area is 117 Å². The van der Waals surface area contributed by atoms with E-state index >= 15 is 0 Å². The lowest BCUT2D eigenvalue weighted by Gasteiger charge is -2.07. The highest BCUT2D eigenvalue weighted by molar-refractivity contribution is 7.94. The number of thiazole rings is 1. The average molecular weight is 320 g/mol. The van der Waals surface area contributed by atoms with Crippen LogP contribution in [-0.2, 0) is 10.0 Å². The maximum Gasteiger partial charge on any atom is 0.356 e. The summed E-state index contributed by atoms with van der Waals surface area (Å²) in [4.78, 5) is 18.1. The third kappa shape index (κ3) is 2.83. The molecule has 2 aromatic heterocycles. The van der Waals surface area contributed by atoms with E-state index in [1.165, 1.54) is 18.3 Å². The van der Waals surface area contributed by atoms with Gasteiger partial charge in [-0.1, -0.05) is 11.6 Å². The normalized spacial score (nSPS) is 11.2. The Morgan fingerprint density at radius 2 is 2.16 bits per heavy atom. The number of nitrogens with zero attached hydrogens (tertiary/aromatic N) is 2. The number of aromatic nitrogens is 2. The van der Waals surface area contributed by atoms with Gasteiger partial charge in [0.15, 0.2) is 15.1 Å². The molecule has 0 aliphatic rings. The van der Waals surface area contributed by atoms with Crippen LogP contribution in [0.25, 0.3) is 0 Å². The van der Waals surface area contributed by atoms with Crippen molar-refractivity contribution in [2.75, 3.05) is 4.72 Å². The summed E-state index contributed by atoms with van der Waals surface area (Å²) in [5, 5.41) is 8.82. The van der Waals surface area contributed by atoms with E-state index in [0.29, 0.717) is 11.3 Å². The molecule has 2 N–H and O–H groups in total. The molecule has 0 spiro atoms. The van der Waals surface area contributed by atoms with E-state index in [1.54, 1.807) is 0 Å². The van der Waals surface area contributed by atoms with E-state index in [2.05, 4.69) is 14.7 Å². The highest BCUT2D eigenvalue weighted by atomic mass is 35.5. The number of pyridine rings is 1. The lowest BCUT2D eigenvalue weighted by Crippen LogP contribution is -2.15. The van der Waals surface area contributed by atoms with Crippen LogP contribution in [0, 0.1) is 0 Å². The first-order valence-corrected chi connectivity index (χ1v) is 7.46. The molecule has 100 valence electrons. The van der Waals surface area contributed by atoms with Crippen LogP contribution in [0.2, 0.25) is 5.15 Å². The zero-order valence-corrected chi connectivity index (χ0v) is 11.5. The molecule has 0 fully saturated rings. The summed E-state index contributed by atoms with van der Waals surface area (Å²) in [6, 6.07) is 2.91. The highest BCUT2D eigenvalue weighted by Crippen LogP contribution is 2.25. The minimum atomic E-state index is -4.07. The maximum absolute atomic E-state index is 12.0. The van der Waals surface area contributed by atoms with Crippen LogP contribution in [-0.4, -0.2) is 29.5 Å². The van der Waals surface area contributed by atoms with Crippen LogP contribution < -0.4 is 4.72 Å². The van der Waals surface area contributed by atoms with Gasteiger partial charge in [0.25, 0.3) is 10.0 Å². The van der Waals surface area contributed by atoms with Crippen molar-refractivity contribution in [2.24, 2.45) is 0 Å². The number of hydrogen-bond acceptors (Lipinski definition) is 6. The second kappa shape index (κ2) is 5.11. The fourth-order valence-corrected chi connectivity index (χ4v) is 3.65. The number of rotatable bonds is 4. The van der Waals surface area contributed by atoms with Gasteiger partial charge < -0.3 is 5.11 Å². The van der Waals surface area contributed by atoms with Crippen LogP contribution >= 0.6 is 22.9 Å². The fourth-order valence-electron chi connectivity index (χ4n) is 1.22. The molecular formula is C9H6ClN3O4S2. The summed E-state index contributed by atoms with van der Waals surface area (Å²) >= 11 is 6.43. The van der Waals surface area contributed by atoms with Crippen LogP contribution in [0.5, 0.6) is 0 Å². The molecule has 0 saturated heterocycles. The van der Waals surface area contributed by atoms with Crippen LogP contribution in [0.3, 0.4) is 0 Å². The molecule has 19 heavy (non-hydrogen) atoms. The highest BCUT2D eigenvalue weighted by Gasteiger charge is 2.26. The number of carboxylic acids is 1. The Balaban J connectivity index is 2.41. The summed E-state index contributed by atoms with van der Waals surface area (Å²) in [6.45, 7) is 0. The molecule has 0 atom stereocenters. The first-order chi connectivity index (χ1) is 8.92. The number of halogens is 1. The van der Waals surface area contributed by atoms with Crippen molar-refractivity contribution in [2.45, 2.75) is 4.21 Å². The third-order valence-corrected chi connectivity index (χ3v) is 5.02. The van der Waals surface area contributed by atoms with Crippen molar-refractivity contribution in [3.05, 3.63) is 34.7 Å². The molecule has 0 radical (unpaired) electrons. The number of carboxylic acid groups (broad SMARTS) is 1. The second-order valence-corrected chi connectivity index (χ2v) is 6.33. The van der Waals surface area contributed by atoms with E-state index in [1.807, 2.05) is 0 Å². The zero-order valence-electron chi connectivity index (χ0n) is 9.07. The maximum atomic E-state index is 12.0. The van der Waals surface area contributed by atoms with Gasteiger partial charge in [0.1, 0.15) is 0 Å². The fraction of sp³-hybridized carbons (Fsp3) is 0. The monoisotopic (exact) mass is 319 g/mol. The lowest BCUT2D eigenvalue weighted by molar-refractivity contribution is 0.0687. The molecular weight excluding hydrogens is 314 g/mol. The van der Waals surface area contributed by atoms with Crippen LogP contribution in [0.4, 0.5) is 5.69 Å². The van der Waals surface area contributed by atoms with Crippen molar-refractivity contribution >= 4 is 44.6 Å². The van der Waals surface area contributed by atoms with E-state index in [0.717, 1.165) is 5.51 Å². The van der Waals surface area contributed by atoms with Gasteiger partial charge in [0, 0.05) is 6.20 Å². The quantitative estimate of drug-likeness (QED) is 0.830. The number of hydrogen-bond donors (Lipinski definition) is 2. The number of sulfonamides is 1. The number of aromatic carboxylic acids is 1. The molecule has 0 saturated carbocycles. The van der Waals surface area contributed by atoms with Gasteiger partial charge in [0.2, 0.25) is 0 Å². The molecule has 0 aliphatic carbocycles. The molecule has 2 aromatic rings. The first-order valence-electron chi connectivity index (χ1n) is 4.72. The zero-order chi connectivity index (χ0) is 14.0. The lowest BCUT2D eigenvalue weighted by atomic mass is 10.4. The topological polar surface area (TPSA) is 109 Å². The van der Waals surface area contributed by atoms with Gasteiger partial charge >= 0.3 is 5.97 Å². The van der Waals surface area contributed by atoms with Crippen LogP contribution in [0.15, 0.2) is 28.0 Å². The average Bonchev–Trinajstić information content (AvgIpc) is 2.82. The van der Waals surface area contributed by atoms with E-state index in [-0.39, 0.29) is 15.0 Å². The minimum absolute atomic E-state index is 0.0348. The summed E-state index contributed by atoms with van der Waals surface area (Å²) in [6.07, 6.45) is 1.40. The van der Waals surface area contributed by atoms with Gasteiger partial charge in [-0.25, -0.2) is 23.2 Å². The Morgan fingerprint density at radius 1 is 1.42 bits per heavy atom. The van der Waals surface area contributed by atoms with E-state index < -0.39 is 21.7 Å². The second-order valence-electron chi connectivity index (χ2n) is 3.24. The van der Waals surface area contributed by atoms with Gasteiger partial charge in [0.05, 0.1) is 11.2 Å². The SMILES string of the molecule is O=C(O)c1ncsc1S(=O)(=O)Nc1cccnc1Cl. The number of anilines is 1. The molecule has 2 rings (SSSR count). The molecule has 0 aromatic carbocycles. The van der Waals surface area contributed by atoms with Crippen molar-refractivity contribution < 1.29 is 18.3 Å². The van der Waals surface area contributed by atoms with Crippen LogP contribution in [0.1, 0.15) is 10.5 Å². The largest absolute Gasteiger partial charge is 0.476 e. The third-order valence-electron chi connectivity index (χ3n) is 1.98. The van der Waals surface area contributed by atoms with Gasteiger partial charge in [-0.3, -0.25) is 4.72 Å². The Hall–Kier alpha value is -1.71. The molecule has 10 heteroatoms. The number of carbonyl (C=O) groups is 1. The Morgan fingerprint density at radius 3 is 2.79 bits per heavy atom. The van der Waals surface area contributed by atoms with Gasteiger partial charge in [-0.2, -0.15) is 0 Å². The van der Waals surface area contributed by atoms with Crippen molar-refractivity contribution in [1.82, 2.24) is 9.97 Å². The first kappa shape index (κ1) is 13.7. The predicted molar refractivity (Wildman–Crippen MR) is 69.1 cm³/mol. The van der Waals surface area contributed by atoms with E-state index in [4.69, 9.17) is 16.7 Å². The molecule has 7 nitrogen and oxygen atoms in total. The van der Waals surface area contributed by atoms with Gasteiger partial charge in [-0.15, -0.1) is 11.3 Å². The summed E-state index contributed by atoms with van der Waals surface area (Å²) in [5.41, 5.74) is 0.675. The summed E-state index contributed by atoms with van der Waals surface area (Å²) in [7, 11) is -4.07. The minimum Gasteiger partial charge on any atom is -0.476 e. The molecule has 0 amide bonds. The Kier molecular flexibility index (Phi) is 3.69. The molecule has 0 unspecified atom stereocenters. The smallest absolute Gasteiger partial charge is 0.356 e. The molecule has 0 aliphatic heterocycles. The predicted octanol–water partition coefficient (Wildman–Crippen LogP) is 1.69. The van der Waals surface area contributed by atoms with E-state index in [9.17, 15) is 13.2 Å². The molecule has 0 bridgehead atoms. The standard InChI is InChI=1S/C9H6ClN3O4S2/c10-7-5(2-1-3-11-7)13-19(16,17)9-6(8(14)15)12-4-18-9/h1-4,13H,(H,14,15). The summed E-state index contributed by atoms with van der Waals surface area (Å²) < 4.78 is 25.9. The summed E-state index contributed by atoms with van der Waals surface area (Å²) in [5.74, 6) is -1.42. The van der Waals surface area contributed by atoms with Gasteiger partial charge in [-0.05, 0) is 12.1 Å². The van der Waals surface area contributed by atoms with Crippen molar-refractivity contribution in [1.29, 1.82) is 0 Å². The van der Waals surface area contributed by atoms with Crippen molar-refractivity contribution in [3.63, 3.8) is 0 Å². The Bertz CT molecular complexity index is 729. The van der Waals surface area contributed by atoms with Crippen molar-refractivity contribution in [3.8, 4) is 0 Å². The number of nitrogens with one attached hydrogen (secondary N) is 1.